The predicted octanol–water partition coefficient (Wildman–Crippen LogP) is 7.06. The smallest absolute Gasteiger partial charge is 0.226 e. The summed E-state index contributed by atoms with van der Waals surface area (Å²) in [6.45, 7) is 1.98. The van der Waals surface area contributed by atoms with Crippen LogP contribution in [-0.2, 0) is 4.79 Å². The Morgan fingerprint density at radius 3 is 2.31 bits per heavy atom. The van der Waals surface area contributed by atoms with Crippen LogP contribution >= 0.6 is 11.6 Å². The average molecular weight is 414 g/mol. The molecule has 0 radical (unpaired) electrons. The summed E-state index contributed by atoms with van der Waals surface area (Å²) < 4.78 is 0. The predicted molar refractivity (Wildman–Crippen MR) is 119 cm³/mol. The maximum absolute atomic E-state index is 13.1. The second kappa shape index (κ2) is 8.25. The molecule has 3 heteroatoms. The van der Waals surface area contributed by atoms with Crippen LogP contribution in [0.2, 0.25) is 5.02 Å². The van der Waals surface area contributed by atoms with Gasteiger partial charge in [-0.3, -0.25) is 4.79 Å². The summed E-state index contributed by atoms with van der Waals surface area (Å²) in [7, 11) is 0. The molecule has 5 rings (SSSR count). The molecular formula is C26H36ClNO. The number of hydrogen-bond acceptors (Lipinski definition) is 1. The number of rotatable bonds is 3. The lowest BCUT2D eigenvalue weighted by Gasteiger charge is -2.44. The zero-order valence-electron chi connectivity index (χ0n) is 17.8. The van der Waals surface area contributed by atoms with Crippen molar-refractivity contribution in [2.75, 3.05) is 13.1 Å². The molecule has 0 aromatic heterocycles. The minimum Gasteiger partial charge on any atom is -0.342 e. The summed E-state index contributed by atoms with van der Waals surface area (Å²) in [5.41, 5.74) is 3.20. The molecule has 1 heterocycles. The molecule has 1 amide bonds. The Morgan fingerprint density at radius 1 is 0.931 bits per heavy atom. The molecule has 1 aromatic rings. The minimum absolute atomic E-state index is 0.201. The van der Waals surface area contributed by atoms with Gasteiger partial charge in [-0.05, 0) is 79.4 Å². The lowest BCUT2D eigenvalue weighted by molar-refractivity contribution is -0.135. The molecule has 29 heavy (non-hydrogen) atoms. The van der Waals surface area contributed by atoms with Crippen molar-refractivity contribution < 1.29 is 4.79 Å². The summed E-state index contributed by atoms with van der Waals surface area (Å²) >= 11 is 6.70. The van der Waals surface area contributed by atoms with Crippen LogP contribution in [0.25, 0.3) is 0 Å². The van der Waals surface area contributed by atoms with Gasteiger partial charge in [0.15, 0.2) is 0 Å². The van der Waals surface area contributed by atoms with E-state index in [9.17, 15) is 4.79 Å². The molecule has 3 aliphatic carbocycles. The van der Waals surface area contributed by atoms with Crippen LogP contribution in [0.15, 0.2) is 18.2 Å². The maximum Gasteiger partial charge on any atom is 0.226 e. The van der Waals surface area contributed by atoms with Crippen LogP contribution in [0.4, 0.5) is 0 Å². The third-order valence-corrected chi connectivity index (χ3v) is 8.98. The molecule has 3 saturated carbocycles. The molecule has 2 unspecified atom stereocenters. The van der Waals surface area contributed by atoms with Crippen LogP contribution in [-0.4, -0.2) is 23.9 Å². The molecule has 0 bridgehead atoms. The molecule has 0 N–H and O–H groups in total. The van der Waals surface area contributed by atoms with Gasteiger partial charge in [0.25, 0.3) is 0 Å². The Morgan fingerprint density at radius 2 is 1.62 bits per heavy atom. The van der Waals surface area contributed by atoms with Gasteiger partial charge >= 0.3 is 0 Å². The monoisotopic (exact) mass is 413 g/mol. The number of piperidine rings is 1. The first-order chi connectivity index (χ1) is 14.2. The van der Waals surface area contributed by atoms with Gasteiger partial charge in [0.1, 0.15) is 0 Å². The second-order valence-corrected chi connectivity index (χ2v) is 10.9. The lowest BCUT2D eigenvalue weighted by Crippen LogP contribution is -2.44. The van der Waals surface area contributed by atoms with Gasteiger partial charge in [0.2, 0.25) is 5.91 Å². The number of nitrogens with zero attached hydrogens (tertiary/aromatic N) is 1. The Hall–Kier alpha value is -1.02. The van der Waals surface area contributed by atoms with Gasteiger partial charge in [-0.1, -0.05) is 62.3 Å². The van der Waals surface area contributed by atoms with E-state index in [0.29, 0.717) is 23.2 Å². The van der Waals surface area contributed by atoms with E-state index >= 15 is 0 Å². The largest absolute Gasteiger partial charge is 0.342 e. The number of halogens is 1. The fourth-order valence-electron chi connectivity index (χ4n) is 6.59. The van der Waals surface area contributed by atoms with Crippen molar-refractivity contribution in [2.24, 2.45) is 11.3 Å². The normalized spacial score (nSPS) is 29.8. The maximum atomic E-state index is 13.1. The molecule has 1 spiro atoms. The topological polar surface area (TPSA) is 20.3 Å². The van der Waals surface area contributed by atoms with Crippen LogP contribution in [0.1, 0.15) is 106 Å². The number of likely N-dealkylation sites (tertiary alicyclic amines) is 1. The van der Waals surface area contributed by atoms with Crippen molar-refractivity contribution in [1.29, 1.82) is 0 Å². The number of carbonyl (C=O) groups excluding carboxylic acids is 1. The number of carbonyl (C=O) groups is 1. The number of benzene rings is 1. The fourth-order valence-corrected chi connectivity index (χ4v) is 6.94. The number of hydrogen-bond donors (Lipinski definition) is 0. The fraction of sp³-hybridized carbons (Fsp3) is 0.731. The van der Waals surface area contributed by atoms with Crippen LogP contribution in [0.5, 0.6) is 0 Å². The highest BCUT2D eigenvalue weighted by Crippen LogP contribution is 2.51. The summed E-state index contributed by atoms with van der Waals surface area (Å²) in [5, 5.41) is 0.935. The van der Waals surface area contributed by atoms with E-state index in [1.54, 1.807) is 0 Å². The standard InChI is InChI=1S/C26H36ClNO/c27-24-17-20(9-10-21(24)19-7-3-1-4-8-19)22-18-23(22)25(29)28-15-13-26(14-16-28)11-5-2-6-12-26/h9-10,17,19,22-23H,1-8,11-16,18H2. The zero-order chi connectivity index (χ0) is 19.8. The van der Waals surface area contributed by atoms with Crippen LogP contribution in [0.3, 0.4) is 0 Å². The molecular weight excluding hydrogens is 378 g/mol. The Labute approximate surface area is 181 Å². The van der Waals surface area contributed by atoms with E-state index in [-0.39, 0.29) is 5.92 Å². The lowest BCUT2D eigenvalue weighted by atomic mass is 9.68. The molecule has 2 atom stereocenters. The van der Waals surface area contributed by atoms with Crippen LogP contribution < -0.4 is 0 Å². The van der Waals surface area contributed by atoms with Crippen molar-refractivity contribution in [3.63, 3.8) is 0 Å². The summed E-state index contributed by atoms with van der Waals surface area (Å²) in [5.74, 6) is 1.65. The number of amides is 1. The van der Waals surface area contributed by atoms with Gasteiger partial charge in [-0.25, -0.2) is 0 Å². The highest BCUT2D eigenvalue weighted by Gasteiger charge is 2.47. The van der Waals surface area contributed by atoms with E-state index in [1.165, 1.54) is 88.2 Å². The Kier molecular flexibility index (Phi) is 5.67. The van der Waals surface area contributed by atoms with E-state index in [4.69, 9.17) is 11.6 Å². The van der Waals surface area contributed by atoms with E-state index < -0.39 is 0 Å². The van der Waals surface area contributed by atoms with Crippen LogP contribution in [0, 0.1) is 11.3 Å². The minimum atomic E-state index is 0.201. The summed E-state index contributed by atoms with van der Waals surface area (Å²) in [6, 6.07) is 6.71. The third kappa shape index (κ3) is 4.11. The van der Waals surface area contributed by atoms with E-state index in [0.717, 1.165) is 24.5 Å². The van der Waals surface area contributed by atoms with Gasteiger partial charge in [-0.2, -0.15) is 0 Å². The van der Waals surface area contributed by atoms with Crippen molar-refractivity contribution >= 4 is 17.5 Å². The SMILES string of the molecule is O=C(C1CC1c1ccc(C2CCCCC2)c(Cl)c1)N1CCC2(CCCCC2)CC1. The zero-order valence-corrected chi connectivity index (χ0v) is 18.6. The molecule has 1 aromatic carbocycles. The first kappa shape index (κ1) is 19.9. The Bertz CT molecular complexity index is 737. The Balaban J connectivity index is 1.18. The van der Waals surface area contributed by atoms with Crippen molar-refractivity contribution in [3.05, 3.63) is 34.3 Å². The highest BCUT2D eigenvalue weighted by molar-refractivity contribution is 6.31. The molecule has 4 fully saturated rings. The molecule has 158 valence electrons. The first-order valence-electron chi connectivity index (χ1n) is 12.2. The highest BCUT2D eigenvalue weighted by atomic mass is 35.5. The second-order valence-electron chi connectivity index (χ2n) is 10.5. The van der Waals surface area contributed by atoms with E-state index in [1.807, 2.05) is 0 Å². The quantitative estimate of drug-likeness (QED) is 0.519. The van der Waals surface area contributed by atoms with Gasteiger partial charge < -0.3 is 4.90 Å². The van der Waals surface area contributed by atoms with Gasteiger partial charge in [0, 0.05) is 24.0 Å². The first-order valence-corrected chi connectivity index (χ1v) is 12.6. The summed E-state index contributed by atoms with van der Waals surface area (Å²) in [4.78, 5) is 15.3. The van der Waals surface area contributed by atoms with Gasteiger partial charge in [0.05, 0.1) is 0 Å². The molecule has 1 saturated heterocycles. The molecule has 1 aliphatic heterocycles. The summed E-state index contributed by atoms with van der Waals surface area (Å²) in [6.07, 6.45) is 17.1. The van der Waals surface area contributed by atoms with Crippen molar-refractivity contribution in [1.82, 2.24) is 4.90 Å². The molecule has 4 aliphatic rings. The van der Waals surface area contributed by atoms with Crippen molar-refractivity contribution in [2.45, 2.75) is 95.3 Å². The molecule has 2 nitrogen and oxygen atoms in total. The van der Waals surface area contributed by atoms with Gasteiger partial charge in [-0.15, -0.1) is 0 Å². The average Bonchev–Trinajstić information content (AvgIpc) is 3.56. The third-order valence-electron chi connectivity index (χ3n) is 8.66. The van der Waals surface area contributed by atoms with Crippen molar-refractivity contribution in [3.8, 4) is 0 Å². The van der Waals surface area contributed by atoms with E-state index in [2.05, 4.69) is 23.1 Å².